The summed E-state index contributed by atoms with van der Waals surface area (Å²) >= 11 is 5.92. The third kappa shape index (κ3) is 12.0. The SMILES string of the molecule is COc1ccc(Cl)cc1C(=O)NCCc1ccc(CC(=O)O)cc1.NC(N)=NC(N)=NCCc1ccccc1. The number of rotatable bonds is 10. The molecule has 0 heterocycles. The average Bonchev–Trinajstić information content (AvgIpc) is 2.90. The number of methoxy groups -OCH3 is 1. The quantitative estimate of drug-likeness (QED) is 0.189. The van der Waals surface area contributed by atoms with Crippen LogP contribution in [-0.2, 0) is 24.1 Å². The van der Waals surface area contributed by atoms with Gasteiger partial charge in [0, 0.05) is 18.1 Å². The molecule has 39 heavy (non-hydrogen) atoms. The number of hydrogen-bond acceptors (Lipinski definition) is 4. The van der Waals surface area contributed by atoms with Crippen molar-refractivity contribution in [2.24, 2.45) is 27.2 Å². The molecule has 10 nitrogen and oxygen atoms in total. The van der Waals surface area contributed by atoms with E-state index in [0.717, 1.165) is 17.5 Å². The maximum Gasteiger partial charge on any atom is 0.307 e. The second kappa shape index (κ2) is 16.3. The van der Waals surface area contributed by atoms with Gasteiger partial charge >= 0.3 is 5.97 Å². The van der Waals surface area contributed by atoms with Crippen LogP contribution in [0.2, 0.25) is 5.02 Å². The maximum absolute atomic E-state index is 12.2. The Bertz CT molecular complexity index is 1280. The monoisotopic (exact) mass is 552 g/mol. The number of carboxylic acid groups (broad SMARTS) is 1. The molecule has 3 aromatic carbocycles. The van der Waals surface area contributed by atoms with Crippen LogP contribution < -0.4 is 27.3 Å². The lowest BCUT2D eigenvalue weighted by Gasteiger charge is -2.10. The van der Waals surface area contributed by atoms with Crippen LogP contribution in [0.25, 0.3) is 0 Å². The Morgan fingerprint density at radius 2 is 1.56 bits per heavy atom. The summed E-state index contributed by atoms with van der Waals surface area (Å²) in [6, 6.07) is 22.2. The molecular weight excluding hydrogens is 520 g/mol. The Kier molecular flexibility index (Phi) is 12.8. The first-order valence-corrected chi connectivity index (χ1v) is 12.4. The van der Waals surface area contributed by atoms with E-state index in [0.29, 0.717) is 35.8 Å². The van der Waals surface area contributed by atoms with E-state index in [-0.39, 0.29) is 24.2 Å². The number of aliphatic carboxylic acids is 1. The minimum atomic E-state index is -0.856. The molecule has 0 unspecified atom stereocenters. The summed E-state index contributed by atoms with van der Waals surface area (Å²) in [7, 11) is 1.50. The van der Waals surface area contributed by atoms with Gasteiger partial charge in [-0.2, -0.15) is 4.99 Å². The smallest absolute Gasteiger partial charge is 0.307 e. The number of nitrogens with two attached hydrogens (primary N) is 3. The molecule has 0 aliphatic rings. The lowest BCUT2D eigenvalue weighted by Crippen LogP contribution is -2.26. The van der Waals surface area contributed by atoms with E-state index >= 15 is 0 Å². The standard InChI is InChI=1S/C18H18ClNO4.C10H15N5/c1-24-16-7-6-14(19)11-15(16)18(23)20-9-8-12-2-4-13(5-3-12)10-17(21)22;11-9(12)15-10(13)14-7-6-8-4-2-1-3-5-8/h2-7,11H,8-10H2,1H3,(H,20,23)(H,21,22);1-5H,6-7H2,(H6,11,12,13,14,15). The zero-order chi connectivity index (χ0) is 28.6. The van der Waals surface area contributed by atoms with Crippen LogP contribution in [-0.4, -0.2) is 49.1 Å². The van der Waals surface area contributed by atoms with E-state index in [2.05, 4.69) is 15.3 Å². The highest BCUT2D eigenvalue weighted by Crippen LogP contribution is 2.22. The summed E-state index contributed by atoms with van der Waals surface area (Å²) in [6.45, 7) is 1.03. The van der Waals surface area contributed by atoms with Gasteiger partial charge < -0.3 is 32.4 Å². The number of amides is 1. The zero-order valence-corrected chi connectivity index (χ0v) is 22.4. The van der Waals surface area contributed by atoms with Crippen LogP contribution in [0.1, 0.15) is 27.0 Å². The van der Waals surface area contributed by atoms with E-state index in [9.17, 15) is 9.59 Å². The molecule has 0 aliphatic heterocycles. The van der Waals surface area contributed by atoms with E-state index in [1.807, 2.05) is 42.5 Å². The Labute approximate surface area is 232 Å². The molecule has 0 aliphatic carbocycles. The van der Waals surface area contributed by atoms with Crippen LogP contribution in [0.15, 0.2) is 82.8 Å². The summed E-state index contributed by atoms with van der Waals surface area (Å²) in [5.41, 5.74) is 19.1. The van der Waals surface area contributed by atoms with Gasteiger partial charge in [0.2, 0.25) is 5.96 Å². The van der Waals surface area contributed by atoms with Crippen molar-refractivity contribution in [3.8, 4) is 5.75 Å². The molecule has 0 aromatic heterocycles. The predicted octanol–water partition coefficient (Wildman–Crippen LogP) is 2.77. The largest absolute Gasteiger partial charge is 0.496 e. The number of carbonyl (C=O) groups excluding carboxylic acids is 1. The van der Waals surface area contributed by atoms with Gasteiger partial charge in [0.15, 0.2) is 5.96 Å². The third-order valence-corrected chi connectivity index (χ3v) is 5.48. The number of ether oxygens (including phenoxy) is 1. The fraction of sp³-hybridized carbons (Fsp3) is 0.214. The number of nitrogens with zero attached hydrogens (tertiary/aromatic N) is 2. The Morgan fingerprint density at radius 3 is 2.18 bits per heavy atom. The summed E-state index contributed by atoms with van der Waals surface area (Å²) in [5.74, 6) is -0.598. The second-order valence-corrected chi connectivity index (χ2v) is 8.69. The van der Waals surface area contributed by atoms with Crippen LogP contribution in [0, 0.1) is 0 Å². The average molecular weight is 553 g/mol. The van der Waals surface area contributed by atoms with Crippen molar-refractivity contribution in [1.29, 1.82) is 0 Å². The second-order valence-electron chi connectivity index (χ2n) is 8.25. The van der Waals surface area contributed by atoms with Crippen molar-refractivity contribution in [2.75, 3.05) is 20.2 Å². The van der Waals surface area contributed by atoms with E-state index in [4.69, 9.17) is 38.6 Å². The van der Waals surface area contributed by atoms with Crippen LogP contribution in [0.5, 0.6) is 5.75 Å². The Balaban J connectivity index is 0.000000306. The van der Waals surface area contributed by atoms with Crippen molar-refractivity contribution in [3.63, 3.8) is 0 Å². The van der Waals surface area contributed by atoms with Gasteiger partial charge in [0.25, 0.3) is 5.91 Å². The molecule has 11 heteroatoms. The van der Waals surface area contributed by atoms with Gasteiger partial charge in [0.05, 0.1) is 19.1 Å². The molecule has 0 bridgehead atoms. The van der Waals surface area contributed by atoms with Crippen molar-refractivity contribution < 1.29 is 19.4 Å². The van der Waals surface area contributed by atoms with Gasteiger partial charge in [0.1, 0.15) is 5.75 Å². The van der Waals surface area contributed by atoms with Crippen molar-refractivity contribution in [1.82, 2.24) is 5.32 Å². The fourth-order valence-corrected chi connectivity index (χ4v) is 3.56. The number of carbonyl (C=O) groups is 2. The number of aliphatic imine (C=N–C) groups is 2. The summed E-state index contributed by atoms with van der Waals surface area (Å²) < 4.78 is 5.16. The molecular formula is C28H33ClN6O4. The highest BCUT2D eigenvalue weighted by atomic mass is 35.5. The predicted molar refractivity (Wildman–Crippen MR) is 154 cm³/mol. The molecule has 206 valence electrons. The van der Waals surface area contributed by atoms with Crippen LogP contribution in [0.4, 0.5) is 0 Å². The van der Waals surface area contributed by atoms with E-state index < -0.39 is 5.97 Å². The first kappa shape index (κ1) is 30.7. The Morgan fingerprint density at radius 1 is 0.923 bits per heavy atom. The number of benzene rings is 3. The summed E-state index contributed by atoms with van der Waals surface area (Å²) in [4.78, 5) is 30.5. The van der Waals surface area contributed by atoms with Gasteiger partial charge in [-0.3, -0.25) is 14.6 Å². The van der Waals surface area contributed by atoms with Crippen molar-refractivity contribution in [3.05, 3.63) is 100 Å². The molecule has 3 aromatic rings. The molecule has 8 N–H and O–H groups in total. The zero-order valence-electron chi connectivity index (χ0n) is 21.6. The van der Waals surface area contributed by atoms with Gasteiger partial charge in [-0.15, -0.1) is 0 Å². The highest BCUT2D eigenvalue weighted by Gasteiger charge is 2.12. The number of hydrogen-bond donors (Lipinski definition) is 5. The minimum absolute atomic E-state index is 0.00553. The van der Waals surface area contributed by atoms with Gasteiger partial charge in [-0.25, -0.2) is 0 Å². The number of guanidine groups is 2. The molecule has 0 atom stereocenters. The van der Waals surface area contributed by atoms with Gasteiger partial charge in [-0.1, -0.05) is 66.2 Å². The van der Waals surface area contributed by atoms with Gasteiger partial charge in [-0.05, 0) is 47.7 Å². The molecule has 0 saturated heterocycles. The summed E-state index contributed by atoms with van der Waals surface area (Å²) in [5, 5.41) is 12.0. The highest BCUT2D eigenvalue weighted by molar-refractivity contribution is 6.31. The summed E-state index contributed by atoms with van der Waals surface area (Å²) in [6.07, 6.45) is 1.47. The lowest BCUT2D eigenvalue weighted by atomic mass is 10.1. The number of halogens is 1. The first-order chi connectivity index (χ1) is 18.7. The molecule has 0 radical (unpaired) electrons. The molecule has 1 amide bonds. The fourth-order valence-electron chi connectivity index (χ4n) is 3.38. The molecule has 0 saturated carbocycles. The maximum atomic E-state index is 12.2. The normalized spacial score (nSPS) is 10.6. The minimum Gasteiger partial charge on any atom is -0.496 e. The topological polar surface area (TPSA) is 178 Å². The molecule has 0 fully saturated rings. The number of carboxylic acids is 1. The third-order valence-electron chi connectivity index (χ3n) is 5.24. The molecule has 3 rings (SSSR count). The van der Waals surface area contributed by atoms with Crippen molar-refractivity contribution in [2.45, 2.75) is 19.3 Å². The van der Waals surface area contributed by atoms with E-state index in [1.165, 1.54) is 12.7 Å². The van der Waals surface area contributed by atoms with Crippen LogP contribution >= 0.6 is 11.6 Å². The van der Waals surface area contributed by atoms with Crippen molar-refractivity contribution >= 4 is 35.4 Å². The Hall–Kier alpha value is -4.57. The molecule has 0 spiro atoms. The van der Waals surface area contributed by atoms with Crippen LogP contribution in [0.3, 0.4) is 0 Å². The first-order valence-electron chi connectivity index (χ1n) is 12.0. The lowest BCUT2D eigenvalue weighted by molar-refractivity contribution is -0.136. The van der Waals surface area contributed by atoms with E-state index in [1.54, 1.807) is 30.3 Å². The number of nitrogens with one attached hydrogen (secondary N) is 1.